The van der Waals surface area contributed by atoms with Crippen molar-refractivity contribution in [3.63, 3.8) is 0 Å². The maximum absolute atomic E-state index is 12.0. The monoisotopic (exact) mass is 377 g/mol. The number of ketones is 1. The molecule has 0 bridgehead atoms. The molecular weight excluding hydrogens is 362 g/mol. The lowest BCUT2D eigenvalue weighted by molar-refractivity contribution is 0.102. The Hall–Kier alpha value is -1.90. The van der Waals surface area contributed by atoms with Crippen LogP contribution >= 0.6 is 34.4 Å². The van der Waals surface area contributed by atoms with Crippen molar-refractivity contribution in [2.24, 2.45) is 0 Å². The maximum Gasteiger partial charge on any atom is 0.210 e. The van der Waals surface area contributed by atoms with E-state index in [1.165, 1.54) is 34.4 Å². The number of thioether (sulfide) groups is 1. The van der Waals surface area contributed by atoms with Crippen LogP contribution in [0.1, 0.15) is 16.6 Å². The average molecular weight is 378 g/mol. The molecule has 0 fully saturated rings. The molecular formula is C16H15N3O2S3. The van der Waals surface area contributed by atoms with Crippen molar-refractivity contribution < 1.29 is 9.53 Å². The van der Waals surface area contributed by atoms with E-state index in [0.29, 0.717) is 17.5 Å². The lowest BCUT2D eigenvalue weighted by Crippen LogP contribution is -1.98. The first-order valence-electron chi connectivity index (χ1n) is 7.28. The van der Waals surface area contributed by atoms with Gasteiger partial charge in [-0.25, -0.2) is 0 Å². The summed E-state index contributed by atoms with van der Waals surface area (Å²) in [6.45, 7) is 2.54. The number of nitrogens with one attached hydrogen (secondary N) is 1. The van der Waals surface area contributed by atoms with Gasteiger partial charge in [0.25, 0.3) is 0 Å². The van der Waals surface area contributed by atoms with Gasteiger partial charge in [-0.2, -0.15) is 0 Å². The van der Waals surface area contributed by atoms with Gasteiger partial charge in [-0.05, 0) is 30.5 Å². The molecule has 0 aliphatic heterocycles. The summed E-state index contributed by atoms with van der Waals surface area (Å²) in [6.07, 6.45) is 0. The number of nitrogens with zero attached hydrogens (tertiary/aromatic N) is 2. The summed E-state index contributed by atoms with van der Waals surface area (Å²) >= 11 is 4.28. The van der Waals surface area contributed by atoms with Gasteiger partial charge in [0.1, 0.15) is 5.75 Å². The first-order chi connectivity index (χ1) is 11.8. The Kier molecular flexibility index (Phi) is 5.84. The van der Waals surface area contributed by atoms with E-state index in [-0.39, 0.29) is 5.78 Å². The number of aromatic nitrogens is 2. The summed E-state index contributed by atoms with van der Waals surface area (Å²) in [6, 6.07) is 11.4. The van der Waals surface area contributed by atoms with Crippen molar-refractivity contribution in [3.8, 4) is 5.75 Å². The van der Waals surface area contributed by atoms with Crippen LogP contribution in [-0.2, 0) is 0 Å². The Labute approximate surface area is 152 Å². The minimum Gasteiger partial charge on any atom is -0.492 e. The summed E-state index contributed by atoms with van der Waals surface area (Å²) < 4.78 is 6.34. The largest absolute Gasteiger partial charge is 0.492 e. The van der Waals surface area contributed by atoms with E-state index in [4.69, 9.17) is 4.74 Å². The molecule has 0 spiro atoms. The lowest BCUT2D eigenvalue weighted by atomic mass is 10.3. The Balaban J connectivity index is 1.61. The number of hydrogen-bond acceptors (Lipinski definition) is 8. The van der Waals surface area contributed by atoms with Crippen molar-refractivity contribution in [2.75, 3.05) is 17.7 Å². The number of para-hydroxylation sites is 2. The fourth-order valence-corrected chi connectivity index (χ4v) is 4.32. The molecule has 0 aliphatic rings. The van der Waals surface area contributed by atoms with E-state index in [1.807, 2.05) is 48.7 Å². The second-order valence-electron chi connectivity index (χ2n) is 4.62. The second-order valence-corrected chi connectivity index (χ2v) is 7.76. The normalized spacial score (nSPS) is 10.5. The standard InChI is InChI=1S/C16H15N3O2S3/c1-2-21-13-7-4-3-6-11(13)17-15-18-19-16(24-15)23-10-12(20)14-8-5-9-22-14/h3-9H,2,10H2,1H3,(H,17,18). The molecule has 0 amide bonds. The Morgan fingerprint density at radius 1 is 1.25 bits per heavy atom. The number of ether oxygens (including phenoxy) is 1. The van der Waals surface area contributed by atoms with Gasteiger partial charge in [0, 0.05) is 0 Å². The number of rotatable bonds is 8. The molecule has 124 valence electrons. The Morgan fingerprint density at radius 3 is 2.92 bits per heavy atom. The van der Waals surface area contributed by atoms with Crippen LogP contribution in [0, 0.1) is 0 Å². The molecule has 0 unspecified atom stereocenters. The molecule has 2 heterocycles. The lowest BCUT2D eigenvalue weighted by Gasteiger charge is -2.09. The van der Waals surface area contributed by atoms with Gasteiger partial charge in [-0.3, -0.25) is 4.79 Å². The van der Waals surface area contributed by atoms with Crippen LogP contribution in [0.25, 0.3) is 0 Å². The van der Waals surface area contributed by atoms with Crippen molar-refractivity contribution in [2.45, 2.75) is 11.3 Å². The molecule has 24 heavy (non-hydrogen) atoms. The van der Waals surface area contributed by atoms with E-state index in [1.54, 1.807) is 0 Å². The third-order valence-electron chi connectivity index (χ3n) is 2.96. The highest BCUT2D eigenvalue weighted by molar-refractivity contribution is 8.01. The summed E-state index contributed by atoms with van der Waals surface area (Å²) in [5, 5.41) is 14.0. The van der Waals surface area contributed by atoms with Gasteiger partial charge in [-0.15, -0.1) is 21.5 Å². The Morgan fingerprint density at radius 2 is 2.12 bits per heavy atom. The molecule has 0 saturated carbocycles. The highest BCUT2D eigenvalue weighted by Gasteiger charge is 2.12. The molecule has 0 aliphatic carbocycles. The number of thiophene rings is 1. The van der Waals surface area contributed by atoms with E-state index in [9.17, 15) is 4.79 Å². The zero-order chi connectivity index (χ0) is 16.8. The van der Waals surface area contributed by atoms with Gasteiger partial charge in [0.2, 0.25) is 5.13 Å². The minimum absolute atomic E-state index is 0.112. The van der Waals surface area contributed by atoms with Gasteiger partial charge < -0.3 is 10.1 Å². The summed E-state index contributed by atoms with van der Waals surface area (Å²) in [7, 11) is 0. The summed E-state index contributed by atoms with van der Waals surface area (Å²) in [4.78, 5) is 12.8. The van der Waals surface area contributed by atoms with Crippen LogP contribution in [0.2, 0.25) is 0 Å². The van der Waals surface area contributed by atoms with Gasteiger partial charge in [0.15, 0.2) is 10.1 Å². The SMILES string of the molecule is CCOc1ccccc1Nc1nnc(SCC(=O)c2cccs2)s1. The molecule has 3 rings (SSSR count). The van der Waals surface area contributed by atoms with E-state index >= 15 is 0 Å². The van der Waals surface area contributed by atoms with Crippen molar-refractivity contribution in [1.29, 1.82) is 0 Å². The summed E-state index contributed by atoms with van der Waals surface area (Å²) in [5.41, 5.74) is 0.849. The predicted molar refractivity (Wildman–Crippen MR) is 100 cm³/mol. The first kappa shape index (κ1) is 16.9. The number of carbonyl (C=O) groups is 1. The number of hydrogen-bond donors (Lipinski definition) is 1. The van der Waals surface area contributed by atoms with E-state index in [0.717, 1.165) is 20.7 Å². The predicted octanol–water partition coefficient (Wildman–Crippen LogP) is 4.72. The molecule has 0 saturated heterocycles. The molecule has 1 aromatic carbocycles. The first-order valence-corrected chi connectivity index (χ1v) is 9.96. The van der Waals surface area contributed by atoms with E-state index in [2.05, 4.69) is 15.5 Å². The number of Topliss-reactive ketones (excluding diaryl/α,β-unsaturated/α-hetero) is 1. The topological polar surface area (TPSA) is 64.1 Å². The second kappa shape index (κ2) is 8.27. The van der Waals surface area contributed by atoms with Gasteiger partial charge in [0.05, 0.1) is 22.9 Å². The van der Waals surface area contributed by atoms with Crippen LogP contribution in [0.5, 0.6) is 5.75 Å². The highest BCUT2D eigenvalue weighted by atomic mass is 32.2. The smallest absolute Gasteiger partial charge is 0.210 e. The fraction of sp³-hybridized carbons (Fsp3) is 0.188. The third-order valence-corrected chi connectivity index (χ3v) is 5.84. The van der Waals surface area contributed by atoms with Gasteiger partial charge in [-0.1, -0.05) is 41.3 Å². The van der Waals surface area contributed by atoms with Crippen molar-refractivity contribution in [1.82, 2.24) is 10.2 Å². The zero-order valence-electron chi connectivity index (χ0n) is 12.9. The highest BCUT2D eigenvalue weighted by Crippen LogP contribution is 2.32. The number of benzene rings is 1. The Bertz CT molecular complexity index is 803. The maximum atomic E-state index is 12.0. The summed E-state index contributed by atoms with van der Waals surface area (Å²) in [5.74, 6) is 1.25. The zero-order valence-corrected chi connectivity index (χ0v) is 15.3. The van der Waals surface area contributed by atoms with Crippen LogP contribution in [0.4, 0.5) is 10.8 Å². The van der Waals surface area contributed by atoms with Crippen LogP contribution in [0.3, 0.4) is 0 Å². The number of carbonyl (C=O) groups excluding carboxylic acids is 1. The third kappa shape index (κ3) is 4.34. The molecule has 2 aromatic heterocycles. The number of anilines is 2. The minimum atomic E-state index is 0.112. The molecule has 3 aromatic rings. The van der Waals surface area contributed by atoms with Crippen molar-refractivity contribution in [3.05, 3.63) is 46.7 Å². The molecule has 5 nitrogen and oxygen atoms in total. The van der Waals surface area contributed by atoms with Crippen molar-refractivity contribution >= 4 is 51.0 Å². The fourth-order valence-electron chi connectivity index (χ4n) is 1.92. The quantitative estimate of drug-likeness (QED) is 0.453. The molecule has 1 N–H and O–H groups in total. The van der Waals surface area contributed by atoms with Crippen LogP contribution < -0.4 is 10.1 Å². The van der Waals surface area contributed by atoms with Crippen LogP contribution in [0.15, 0.2) is 46.1 Å². The van der Waals surface area contributed by atoms with E-state index < -0.39 is 0 Å². The van der Waals surface area contributed by atoms with Gasteiger partial charge >= 0.3 is 0 Å². The molecule has 8 heteroatoms. The average Bonchev–Trinajstić information content (AvgIpc) is 3.26. The van der Waals surface area contributed by atoms with Crippen LogP contribution in [-0.4, -0.2) is 28.3 Å². The molecule has 0 atom stereocenters. The molecule has 0 radical (unpaired) electrons.